The average Bonchev–Trinajstić information content (AvgIpc) is 2.54. The first-order valence-corrected chi connectivity index (χ1v) is 8.73. The molecule has 1 N–H and O–H groups in total. The summed E-state index contributed by atoms with van der Waals surface area (Å²) in [5.41, 5.74) is -2.51. The van der Waals surface area contributed by atoms with E-state index in [1.807, 2.05) is 18.7 Å². The molecule has 164 valence electrons. The Labute approximate surface area is 173 Å². The van der Waals surface area contributed by atoms with E-state index in [2.05, 4.69) is 5.32 Å². The van der Waals surface area contributed by atoms with Crippen molar-refractivity contribution in [1.82, 2.24) is 10.2 Å². The van der Waals surface area contributed by atoms with Crippen LogP contribution in [0.3, 0.4) is 0 Å². The molecule has 0 radical (unpaired) electrons. The highest BCUT2D eigenvalue weighted by Gasteiger charge is 2.40. The number of alkyl halides is 6. The van der Waals surface area contributed by atoms with E-state index in [1.54, 1.807) is 0 Å². The van der Waals surface area contributed by atoms with Gasteiger partial charge < -0.3 is 5.32 Å². The third-order valence-electron chi connectivity index (χ3n) is 4.65. The number of hydrogen-bond acceptors (Lipinski definition) is 2. The summed E-state index contributed by atoms with van der Waals surface area (Å²) in [7, 11) is 0. The number of benzene rings is 1. The molecule has 0 unspecified atom stereocenters. The van der Waals surface area contributed by atoms with E-state index in [0.717, 1.165) is 12.1 Å². The van der Waals surface area contributed by atoms with Gasteiger partial charge in [-0.15, -0.1) is 24.8 Å². The minimum Gasteiger partial charge on any atom is -0.314 e. The summed E-state index contributed by atoms with van der Waals surface area (Å²) in [6.45, 7) is 6.40. The predicted octanol–water partition coefficient (Wildman–Crippen LogP) is 5.95. The number of piperazine rings is 1. The number of rotatable bonds is 5. The summed E-state index contributed by atoms with van der Waals surface area (Å²) in [6, 6.07) is 1.48. The van der Waals surface area contributed by atoms with Gasteiger partial charge in [-0.2, -0.15) is 26.3 Å². The molecule has 1 aromatic carbocycles. The molecule has 1 heterocycles. The van der Waals surface area contributed by atoms with Gasteiger partial charge in [-0.05, 0) is 36.5 Å². The second-order valence-electron chi connectivity index (χ2n) is 7.07. The van der Waals surface area contributed by atoms with Gasteiger partial charge in [-0.1, -0.05) is 19.9 Å². The minimum absolute atomic E-state index is 0. The van der Waals surface area contributed by atoms with Crippen LogP contribution in [-0.2, 0) is 12.4 Å². The van der Waals surface area contributed by atoms with Crippen LogP contribution in [0.15, 0.2) is 18.2 Å². The molecular weight excluding hydrogens is 429 g/mol. The standard InChI is InChI=1S/C18H24F6N2.2ClH/c1-12(2)3-6-16(26-9-7-25-8-10-26)14-5-4-13(17(19,20)21)11-15(14)18(22,23)24;;/h4-5,11-12,16,25H,3,6-10H2,1-2H3;2*1H/t16-;;/m1../s1. The molecule has 2 nitrogen and oxygen atoms in total. The average molecular weight is 455 g/mol. The molecule has 1 aliphatic rings. The number of hydrogen-bond donors (Lipinski definition) is 1. The van der Waals surface area contributed by atoms with E-state index in [4.69, 9.17) is 0 Å². The van der Waals surface area contributed by atoms with Crippen molar-refractivity contribution in [2.45, 2.75) is 45.1 Å². The van der Waals surface area contributed by atoms with Crippen LogP contribution in [-0.4, -0.2) is 31.1 Å². The molecule has 0 aromatic heterocycles. The van der Waals surface area contributed by atoms with Crippen LogP contribution in [0.5, 0.6) is 0 Å². The van der Waals surface area contributed by atoms with E-state index >= 15 is 0 Å². The minimum atomic E-state index is -4.83. The summed E-state index contributed by atoms with van der Waals surface area (Å²) in [6.07, 6.45) is -8.46. The van der Waals surface area contributed by atoms with Gasteiger partial charge in [0.05, 0.1) is 11.1 Å². The van der Waals surface area contributed by atoms with Crippen LogP contribution < -0.4 is 5.32 Å². The Balaban J connectivity index is 0.00000364. The summed E-state index contributed by atoms with van der Waals surface area (Å²) < 4.78 is 79.4. The Morgan fingerprint density at radius 2 is 1.50 bits per heavy atom. The Hall–Kier alpha value is -0.700. The lowest BCUT2D eigenvalue weighted by Crippen LogP contribution is -2.45. The summed E-state index contributed by atoms with van der Waals surface area (Å²) in [5, 5.41) is 3.15. The molecule has 10 heteroatoms. The molecule has 0 saturated carbocycles. The lowest BCUT2D eigenvalue weighted by Gasteiger charge is -2.37. The van der Waals surface area contributed by atoms with E-state index in [-0.39, 0.29) is 36.4 Å². The fourth-order valence-corrected chi connectivity index (χ4v) is 3.29. The smallest absolute Gasteiger partial charge is 0.314 e. The monoisotopic (exact) mass is 454 g/mol. The van der Waals surface area contributed by atoms with Crippen LogP contribution >= 0.6 is 24.8 Å². The van der Waals surface area contributed by atoms with Gasteiger partial charge in [-0.25, -0.2) is 0 Å². The van der Waals surface area contributed by atoms with Gasteiger partial charge in [0.1, 0.15) is 0 Å². The Bertz CT molecular complexity index is 599. The normalized spacial score (nSPS) is 17.0. The second kappa shape index (κ2) is 10.9. The van der Waals surface area contributed by atoms with Crippen LogP contribution in [0, 0.1) is 5.92 Å². The molecule has 0 amide bonds. The van der Waals surface area contributed by atoms with E-state index < -0.39 is 29.5 Å². The van der Waals surface area contributed by atoms with E-state index in [0.29, 0.717) is 44.9 Å². The zero-order valence-electron chi connectivity index (χ0n) is 15.7. The molecule has 1 aliphatic heterocycles. The third kappa shape index (κ3) is 7.28. The van der Waals surface area contributed by atoms with Gasteiger partial charge in [0.25, 0.3) is 0 Å². The Morgan fingerprint density at radius 3 is 1.96 bits per heavy atom. The zero-order valence-corrected chi connectivity index (χ0v) is 17.3. The predicted molar refractivity (Wildman–Crippen MR) is 102 cm³/mol. The fourth-order valence-electron chi connectivity index (χ4n) is 3.29. The van der Waals surface area contributed by atoms with Crippen LogP contribution in [0.25, 0.3) is 0 Å². The summed E-state index contributed by atoms with van der Waals surface area (Å²) in [5.74, 6) is 0.296. The topological polar surface area (TPSA) is 15.3 Å². The van der Waals surface area contributed by atoms with Crippen LogP contribution in [0.1, 0.15) is 49.4 Å². The van der Waals surface area contributed by atoms with Crippen molar-refractivity contribution in [3.8, 4) is 0 Å². The summed E-state index contributed by atoms with van der Waals surface area (Å²) >= 11 is 0. The maximum atomic E-state index is 13.5. The van der Waals surface area contributed by atoms with Crippen molar-refractivity contribution in [2.75, 3.05) is 26.2 Å². The van der Waals surface area contributed by atoms with Gasteiger partial charge in [0.15, 0.2) is 0 Å². The molecular formula is C18H26Cl2F6N2. The first-order valence-electron chi connectivity index (χ1n) is 8.73. The Kier molecular flexibility index (Phi) is 10.6. The molecule has 1 atom stereocenters. The van der Waals surface area contributed by atoms with Gasteiger partial charge in [0.2, 0.25) is 0 Å². The highest BCUT2D eigenvalue weighted by atomic mass is 35.5. The lowest BCUT2D eigenvalue weighted by atomic mass is 9.91. The number of halogens is 8. The largest absolute Gasteiger partial charge is 0.416 e. The fraction of sp³-hybridized carbons (Fsp3) is 0.667. The zero-order chi connectivity index (χ0) is 19.5. The molecule has 1 saturated heterocycles. The molecule has 28 heavy (non-hydrogen) atoms. The molecule has 0 spiro atoms. The molecule has 0 aliphatic carbocycles. The molecule has 2 rings (SSSR count). The van der Waals surface area contributed by atoms with Crippen molar-refractivity contribution in [2.24, 2.45) is 5.92 Å². The maximum Gasteiger partial charge on any atom is 0.416 e. The van der Waals surface area contributed by atoms with Gasteiger partial charge in [0, 0.05) is 32.2 Å². The van der Waals surface area contributed by atoms with Gasteiger partial charge in [-0.3, -0.25) is 4.90 Å². The quantitative estimate of drug-likeness (QED) is 0.552. The first-order chi connectivity index (χ1) is 12.0. The highest BCUT2D eigenvalue weighted by molar-refractivity contribution is 5.85. The SMILES string of the molecule is CC(C)CC[C@H](c1ccc(C(F)(F)F)cc1C(F)(F)F)N1CCNCC1.Cl.Cl. The summed E-state index contributed by atoms with van der Waals surface area (Å²) in [4.78, 5) is 1.94. The molecule has 0 bridgehead atoms. The van der Waals surface area contributed by atoms with E-state index in [9.17, 15) is 26.3 Å². The number of nitrogens with one attached hydrogen (secondary N) is 1. The number of nitrogens with zero attached hydrogens (tertiary/aromatic N) is 1. The maximum absolute atomic E-state index is 13.5. The van der Waals surface area contributed by atoms with Crippen molar-refractivity contribution < 1.29 is 26.3 Å². The second-order valence-corrected chi connectivity index (χ2v) is 7.07. The first kappa shape index (κ1) is 27.3. The highest BCUT2D eigenvalue weighted by Crippen LogP contribution is 2.41. The van der Waals surface area contributed by atoms with Crippen molar-refractivity contribution in [3.05, 3.63) is 34.9 Å². The molecule has 1 fully saturated rings. The lowest BCUT2D eigenvalue weighted by molar-refractivity contribution is -0.143. The van der Waals surface area contributed by atoms with Gasteiger partial charge >= 0.3 is 12.4 Å². The van der Waals surface area contributed by atoms with E-state index in [1.165, 1.54) is 0 Å². The third-order valence-corrected chi connectivity index (χ3v) is 4.65. The van der Waals surface area contributed by atoms with Crippen molar-refractivity contribution in [3.63, 3.8) is 0 Å². The van der Waals surface area contributed by atoms with Crippen molar-refractivity contribution in [1.29, 1.82) is 0 Å². The van der Waals surface area contributed by atoms with Crippen molar-refractivity contribution >= 4 is 24.8 Å². The molecule has 1 aromatic rings. The van der Waals surface area contributed by atoms with Crippen LogP contribution in [0.2, 0.25) is 0 Å². The Morgan fingerprint density at radius 1 is 0.929 bits per heavy atom. The van der Waals surface area contributed by atoms with Crippen LogP contribution in [0.4, 0.5) is 26.3 Å².